The van der Waals surface area contributed by atoms with Crippen LogP contribution >= 0.6 is 0 Å². The summed E-state index contributed by atoms with van der Waals surface area (Å²) in [4.78, 5) is 27.5. The van der Waals surface area contributed by atoms with Crippen molar-refractivity contribution in [1.82, 2.24) is 4.90 Å². The summed E-state index contributed by atoms with van der Waals surface area (Å²) in [6.45, 7) is 4.34. The van der Waals surface area contributed by atoms with E-state index in [2.05, 4.69) is 13.8 Å². The van der Waals surface area contributed by atoms with Crippen molar-refractivity contribution < 1.29 is 30.0 Å². The van der Waals surface area contributed by atoms with Crippen LogP contribution in [0.5, 0.6) is 5.75 Å². The van der Waals surface area contributed by atoms with E-state index in [1.54, 1.807) is 19.0 Å². The Balaban J connectivity index is 1.81. The Morgan fingerprint density at radius 1 is 1.19 bits per heavy atom. The molecule has 0 saturated carbocycles. The number of nitrogens with two attached hydrogens (primary N) is 1. The van der Waals surface area contributed by atoms with Crippen LogP contribution in [0.4, 0.5) is 0 Å². The average molecular weight is 499 g/mol. The normalized spacial score (nSPS) is 27.9. The number of allylic oxidation sites excluding steroid dienone is 1. The molecular formula is C28H38N2O6. The number of phenols is 1. The number of nitrogens with zero attached hydrogens (tertiary/aromatic N) is 1. The van der Waals surface area contributed by atoms with Crippen molar-refractivity contribution in [2.24, 2.45) is 23.5 Å². The highest BCUT2D eigenvalue weighted by atomic mass is 16.3. The van der Waals surface area contributed by atoms with Crippen LogP contribution in [-0.4, -0.2) is 62.8 Å². The first-order chi connectivity index (χ1) is 17.0. The summed E-state index contributed by atoms with van der Waals surface area (Å²) < 4.78 is 0. The van der Waals surface area contributed by atoms with E-state index in [-0.39, 0.29) is 34.6 Å². The van der Waals surface area contributed by atoms with Crippen molar-refractivity contribution in [2.75, 3.05) is 14.1 Å². The van der Waals surface area contributed by atoms with Crippen molar-refractivity contribution in [3.8, 4) is 5.75 Å². The molecule has 0 fully saturated rings. The molecule has 8 nitrogen and oxygen atoms in total. The fourth-order valence-electron chi connectivity index (χ4n) is 6.69. The number of carbonyl (C=O) groups is 2. The first kappa shape index (κ1) is 26.2. The molecule has 0 radical (unpaired) electrons. The SMILES string of the molecule is CCC(CC)CCc1ccc(O)c2c1CC1CC3C(N(C)C)C(O)=C(C(N)=O)CC3(O)C(O)=C1C2=O. The monoisotopic (exact) mass is 498 g/mol. The lowest BCUT2D eigenvalue weighted by molar-refractivity contribution is -0.118. The molecule has 0 spiro atoms. The molecule has 0 saturated heterocycles. The number of carbonyl (C=O) groups excluding carboxylic acids is 2. The lowest BCUT2D eigenvalue weighted by Crippen LogP contribution is -2.59. The Labute approximate surface area is 212 Å². The maximum atomic E-state index is 13.7. The standard InChI is InChI=1S/C28H38N2O6/c1-5-14(6-2)7-8-15-9-10-20(31)22-17(15)11-16-12-19-23(30(3)4)24(32)18(27(29)35)13-28(19,36)26(34)21(16)25(22)33/h9-10,14,16,19,23,31-32,34,36H,5-8,11-13H2,1-4H3,(H2,29,35). The van der Waals surface area contributed by atoms with Crippen molar-refractivity contribution in [3.63, 3.8) is 0 Å². The maximum Gasteiger partial charge on any atom is 0.248 e. The zero-order valence-corrected chi connectivity index (χ0v) is 21.5. The highest BCUT2D eigenvalue weighted by molar-refractivity contribution is 6.13. The lowest BCUT2D eigenvalue weighted by Gasteiger charge is -2.51. The minimum atomic E-state index is -1.94. The molecule has 6 N–H and O–H groups in total. The predicted molar refractivity (Wildman–Crippen MR) is 136 cm³/mol. The minimum absolute atomic E-state index is 0.0800. The fourth-order valence-corrected chi connectivity index (χ4v) is 6.69. The number of benzene rings is 1. The van der Waals surface area contributed by atoms with Crippen LogP contribution in [0.2, 0.25) is 0 Å². The number of Topliss-reactive ketones (excluding diaryl/α,β-unsaturated/α-hetero) is 1. The molecule has 3 aliphatic carbocycles. The number of rotatable bonds is 7. The summed E-state index contributed by atoms with van der Waals surface area (Å²) in [5.74, 6) is -2.68. The predicted octanol–water partition coefficient (Wildman–Crippen LogP) is 3.31. The van der Waals surface area contributed by atoms with Crippen LogP contribution in [0, 0.1) is 17.8 Å². The first-order valence-corrected chi connectivity index (χ1v) is 12.9. The molecular weight excluding hydrogens is 460 g/mol. The van der Waals surface area contributed by atoms with E-state index in [0.717, 1.165) is 36.8 Å². The van der Waals surface area contributed by atoms with Gasteiger partial charge in [0.2, 0.25) is 5.91 Å². The molecule has 0 aliphatic heterocycles. The average Bonchev–Trinajstić information content (AvgIpc) is 2.81. The Kier molecular flexibility index (Phi) is 6.96. The van der Waals surface area contributed by atoms with Gasteiger partial charge >= 0.3 is 0 Å². The second-order valence-electron chi connectivity index (χ2n) is 10.9. The van der Waals surface area contributed by atoms with Gasteiger partial charge in [0.1, 0.15) is 22.9 Å². The van der Waals surface area contributed by atoms with Gasteiger partial charge in [-0.3, -0.25) is 14.5 Å². The molecule has 4 unspecified atom stereocenters. The van der Waals surface area contributed by atoms with Gasteiger partial charge in [-0.2, -0.15) is 0 Å². The number of primary amides is 1. The molecule has 1 amide bonds. The number of amides is 1. The maximum absolute atomic E-state index is 13.7. The zero-order valence-electron chi connectivity index (χ0n) is 21.5. The number of likely N-dealkylation sites (N-methyl/N-ethyl adjacent to an activating group) is 1. The van der Waals surface area contributed by atoms with E-state index in [4.69, 9.17) is 5.73 Å². The van der Waals surface area contributed by atoms with Crippen LogP contribution in [0.25, 0.3) is 0 Å². The number of hydrogen-bond acceptors (Lipinski definition) is 7. The number of ketones is 1. The smallest absolute Gasteiger partial charge is 0.248 e. The van der Waals surface area contributed by atoms with Crippen molar-refractivity contribution >= 4 is 11.7 Å². The molecule has 8 heteroatoms. The topological polar surface area (TPSA) is 144 Å². The third kappa shape index (κ3) is 4.00. The molecule has 0 aromatic heterocycles. The van der Waals surface area contributed by atoms with E-state index < -0.39 is 40.9 Å². The van der Waals surface area contributed by atoms with Gasteiger partial charge in [-0.15, -0.1) is 0 Å². The van der Waals surface area contributed by atoms with E-state index >= 15 is 0 Å². The molecule has 1 aromatic rings. The Morgan fingerprint density at radius 3 is 2.44 bits per heavy atom. The van der Waals surface area contributed by atoms with Gasteiger partial charge in [0, 0.05) is 17.9 Å². The van der Waals surface area contributed by atoms with Crippen LogP contribution in [0.1, 0.15) is 67.4 Å². The second kappa shape index (κ2) is 9.56. The lowest BCUT2D eigenvalue weighted by atomic mass is 9.59. The van der Waals surface area contributed by atoms with Gasteiger partial charge < -0.3 is 26.2 Å². The van der Waals surface area contributed by atoms with E-state index in [1.807, 2.05) is 6.07 Å². The first-order valence-electron chi connectivity index (χ1n) is 12.9. The fraction of sp³-hybridized carbons (Fsp3) is 0.571. The Hall–Kier alpha value is -2.84. The van der Waals surface area contributed by atoms with Gasteiger partial charge in [-0.05, 0) is 68.8 Å². The Morgan fingerprint density at radius 2 is 1.86 bits per heavy atom. The molecule has 0 heterocycles. The highest BCUT2D eigenvalue weighted by Crippen LogP contribution is 2.53. The number of aromatic hydroxyl groups is 1. The molecule has 4 atom stereocenters. The quantitative estimate of drug-likeness (QED) is 0.388. The number of aryl methyl sites for hydroxylation is 1. The van der Waals surface area contributed by atoms with Crippen LogP contribution < -0.4 is 5.73 Å². The summed E-state index contributed by atoms with van der Waals surface area (Å²) in [5.41, 5.74) is 5.48. The zero-order chi connectivity index (χ0) is 26.5. The van der Waals surface area contributed by atoms with Gasteiger partial charge in [0.05, 0.1) is 17.2 Å². The second-order valence-corrected chi connectivity index (χ2v) is 10.9. The summed E-state index contributed by atoms with van der Waals surface area (Å²) in [6.07, 6.45) is 4.31. The number of aliphatic hydroxyl groups excluding tert-OH is 2. The molecule has 1 aromatic carbocycles. The molecule has 0 bridgehead atoms. The molecule has 196 valence electrons. The van der Waals surface area contributed by atoms with Gasteiger partial charge in [-0.25, -0.2) is 0 Å². The minimum Gasteiger partial charge on any atom is -0.510 e. The summed E-state index contributed by atoms with van der Waals surface area (Å²) >= 11 is 0. The third-order valence-corrected chi connectivity index (χ3v) is 8.78. The molecule has 4 rings (SSSR count). The molecule has 36 heavy (non-hydrogen) atoms. The number of hydrogen-bond donors (Lipinski definition) is 5. The molecule has 3 aliphatic rings. The van der Waals surface area contributed by atoms with Gasteiger partial charge in [0.15, 0.2) is 5.78 Å². The largest absolute Gasteiger partial charge is 0.510 e. The van der Waals surface area contributed by atoms with E-state index in [0.29, 0.717) is 18.8 Å². The Bertz CT molecular complexity index is 1150. The van der Waals surface area contributed by atoms with Crippen molar-refractivity contribution in [2.45, 2.75) is 70.4 Å². The number of aliphatic hydroxyl groups is 3. The number of fused-ring (bicyclic) bond motifs is 3. The van der Waals surface area contributed by atoms with Crippen LogP contribution in [-0.2, 0) is 17.6 Å². The highest BCUT2D eigenvalue weighted by Gasteiger charge is 2.58. The van der Waals surface area contributed by atoms with Gasteiger partial charge in [-0.1, -0.05) is 32.8 Å². The number of phenolic OH excluding ortho intramolecular Hbond substituents is 1. The third-order valence-electron chi connectivity index (χ3n) is 8.78. The van der Waals surface area contributed by atoms with Crippen molar-refractivity contribution in [3.05, 3.63) is 51.5 Å². The van der Waals surface area contributed by atoms with Crippen LogP contribution in [0.3, 0.4) is 0 Å². The van der Waals surface area contributed by atoms with E-state index in [1.165, 1.54) is 6.07 Å². The summed E-state index contributed by atoms with van der Waals surface area (Å²) in [7, 11) is 3.44. The summed E-state index contributed by atoms with van der Waals surface area (Å²) in [5, 5.41) is 44.7. The van der Waals surface area contributed by atoms with E-state index in [9.17, 15) is 30.0 Å². The van der Waals surface area contributed by atoms with Crippen molar-refractivity contribution in [1.29, 1.82) is 0 Å². The van der Waals surface area contributed by atoms with Crippen LogP contribution in [0.15, 0.2) is 34.8 Å². The van der Waals surface area contributed by atoms with Gasteiger partial charge in [0.25, 0.3) is 0 Å². The summed E-state index contributed by atoms with van der Waals surface area (Å²) in [6, 6.07) is 2.66.